The molecule has 508 valence electrons. The van der Waals surface area contributed by atoms with Gasteiger partial charge in [0.2, 0.25) is 0 Å². The van der Waals surface area contributed by atoms with Crippen LogP contribution >= 0.6 is 0 Å². The SMILES string of the molecule is CCCCC/C=C\C/C=C\CCCCCCCCCCCC(=O)OCC(COC1OC(C(=O)O)C(O)C(O)C1OC(=O)CCCCCCCCCCC/C=C\CCCCCCCC)OC(=O)CCCCCCCCCCCCCCCCCCCCC. The molecule has 1 rings (SSSR count). The Labute approximate surface area is 533 Å². The molecule has 1 aliphatic rings. The zero-order chi connectivity index (χ0) is 63.1. The fourth-order valence-electron chi connectivity index (χ4n) is 11.5. The summed E-state index contributed by atoms with van der Waals surface area (Å²) in [6.07, 6.45) is 65.2. The minimum atomic E-state index is -1.90. The molecule has 87 heavy (non-hydrogen) atoms. The Morgan fingerprint density at radius 3 is 1.07 bits per heavy atom. The number of unbranched alkanes of at least 4 members (excludes halogenated alkanes) is 45. The van der Waals surface area contributed by atoms with Crippen molar-refractivity contribution in [3.8, 4) is 0 Å². The highest BCUT2D eigenvalue weighted by Crippen LogP contribution is 2.27. The topological polar surface area (TPSA) is 175 Å². The van der Waals surface area contributed by atoms with Crippen LogP contribution in [0.5, 0.6) is 0 Å². The van der Waals surface area contributed by atoms with Gasteiger partial charge in [-0.05, 0) is 77.0 Å². The van der Waals surface area contributed by atoms with Crippen molar-refractivity contribution in [1.29, 1.82) is 0 Å². The number of hydrogen-bond acceptors (Lipinski definition) is 11. The number of carboxylic acids is 1. The maximum Gasteiger partial charge on any atom is 0.335 e. The summed E-state index contributed by atoms with van der Waals surface area (Å²) in [4.78, 5) is 51.6. The second kappa shape index (κ2) is 63.1. The lowest BCUT2D eigenvalue weighted by Gasteiger charge is -2.40. The summed E-state index contributed by atoms with van der Waals surface area (Å²) >= 11 is 0. The van der Waals surface area contributed by atoms with Crippen molar-refractivity contribution >= 4 is 23.9 Å². The first-order valence-electron chi connectivity index (χ1n) is 37.0. The number of aliphatic hydroxyl groups is 2. The van der Waals surface area contributed by atoms with Gasteiger partial charge in [0, 0.05) is 19.3 Å². The fourth-order valence-corrected chi connectivity index (χ4v) is 11.5. The first kappa shape index (κ1) is 82.0. The number of ether oxygens (including phenoxy) is 5. The molecule has 1 fully saturated rings. The zero-order valence-electron chi connectivity index (χ0n) is 56.5. The van der Waals surface area contributed by atoms with Crippen LogP contribution in [0.1, 0.15) is 367 Å². The average molecular weight is 1230 g/mol. The number of carbonyl (C=O) groups is 4. The van der Waals surface area contributed by atoms with E-state index in [0.29, 0.717) is 19.3 Å². The molecule has 0 spiro atoms. The van der Waals surface area contributed by atoms with Gasteiger partial charge in [-0.2, -0.15) is 0 Å². The number of allylic oxidation sites excluding steroid dienone is 6. The van der Waals surface area contributed by atoms with Crippen molar-refractivity contribution in [1.82, 2.24) is 0 Å². The summed E-state index contributed by atoms with van der Waals surface area (Å²) in [5, 5.41) is 31.7. The van der Waals surface area contributed by atoms with Gasteiger partial charge in [0.15, 0.2) is 24.6 Å². The Morgan fingerprint density at radius 1 is 0.379 bits per heavy atom. The Kier molecular flexibility index (Phi) is 59.4. The Morgan fingerprint density at radius 2 is 0.690 bits per heavy atom. The smallest absolute Gasteiger partial charge is 0.335 e. The van der Waals surface area contributed by atoms with Crippen LogP contribution in [0.4, 0.5) is 0 Å². The second-order valence-corrected chi connectivity index (χ2v) is 25.6. The number of carbonyl (C=O) groups excluding carboxylic acids is 3. The molecule has 12 heteroatoms. The van der Waals surface area contributed by atoms with E-state index in [4.69, 9.17) is 23.7 Å². The molecule has 6 atom stereocenters. The third kappa shape index (κ3) is 52.3. The first-order chi connectivity index (χ1) is 42.6. The summed E-state index contributed by atoms with van der Waals surface area (Å²) in [5.74, 6) is -3.08. The molecule has 0 radical (unpaired) electrons. The van der Waals surface area contributed by atoms with E-state index in [-0.39, 0.29) is 25.9 Å². The minimum Gasteiger partial charge on any atom is -0.479 e. The molecule has 0 saturated carbocycles. The molecule has 1 saturated heterocycles. The molecular formula is C75H136O12. The van der Waals surface area contributed by atoms with Crippen molar-refractivity contribution in [3.63, 3.8) is 0 Å². The molecule has 6 unspecified atom stereocenters. The van der Waals surface area contributed by atoms with Crippen LogP contribution in [-0.2, 0) is 42.9 Å². The van der Waals surface area contributed by atoms with Crippen LogP contribution in [0, 0.1) is 0 Å². The molecule has 3 N–H and O–H groups in total. The number of aliphatic carboxylic acids is 1. The summed E-state index contributed by atoms with van der Waals surface area (Å²) in [5.41, 5.74) is 0. The molecule has 0 aromatic rings. The van der Waals surface area contributed by atoms with Crippen molar-refractivity contribution in [2.45, 2.75) is 404 Å². The largest absolute Gasteiger partial charge is 0.479 e. The minimum absolute atomic E-state index is 0.0622. The van der Waals surface area contributed by atoms with Crippen LogP contribution in [0.2, 0.25) is 0 Å². The predicted molar refractivity (Wildman–Crippen MR) is 359 cm³/mol. The van der Waals surface area contributed by atoms with Gasteiger partial charge in [-0.15, -0.1) is 0 Å². The van der Waals surface area contributed by atoms with Crippen molar-refractivity contribution in [2.75, 3.05) is 13.2 Å². The zero-order valence-corrected chi connectivity index (χ0v) is 56.5. The van der Waals surface area contributed by atoms with E-state index in [0.717, 1.165) is 83.5 Å². The van der Waals surface area contributed by atoms with E-state index in [1.807, 2.05) is 0 Å². The van der Waals surface area contributed by atoms with Gasteiger partial charge in [-0.3, -0.25) is 14.4 Å². The third-order valence-corrected chi connectivity index (χ3v) is 17.2. The number of aliphatic hydroxyl groups excluding tert-OH is 2. The van der Waals surface area contributed by atoms with Crippen LogP contribution < -0.4 is 0 Å². The highest BCUT2D eigenvalue weighted by atomic mass is 16.7. The van der Waals surface area contributed by atoms with Crippen LogP contribution in [0.15, 0.2) is 36.5 Å². The summed E-state index contributed by atoms with van der Waals surface area (Å²) in [6.45, 7) is 6.05. The van der Waals surface area contributed by atoms with Crippen LogP contribution in [0.3, 0.4) is 0 Å². The molecule has 12 nitrogen and oxygen atoms in total. The van der Waals surface area contributed by atoms with E-state index >= 15 is 0 Å². The lowest BCUT2D eigenvalue weighted by Crippen LogP contribution is -2.61. The van der Waals surface area contributed by atoms with Gasteiger partial charge >= 0.3 is 23.9 Å². The molecule has 0 bridgehead atoms. The first-order valence-corrected chi connectivity index (χ1v) is 37.0. The fraction of sp³-hybridized carbons (Fsp3) is 0.867. The van der Waals surface area contributed by atoms with Gasteiger partial charge in [0.25, 0.3) is 0 Å². The van der Waals surface area contributed by atoms with E-state index in [1.165, 1.54) is 225 Å². The van der Waals surface area contributed by atoms with E-state index < -0.39 is 67.3 Å². The maximum atomic E-state index is 13.3. The Bertz CT molecular complexity index is 1650. The average Bonchev–Trinajstić information content (AvgIpc) is 2.56. The van der Waals surface area contributed by atoms with Gasteiger partial charge in [0.1, 0.15) is 18.8 Å². The van der Waals surface area contributed by atoms with Gasteiger partial charge < -0.3 is 39.0 Å². The van der Waals surface area contributed by atoms with E-state index in [1.54, 1.807) is 0 Å². The Balaban J connectivity index is 2.60. The third-order valence-electron chi connectivity index (χ3n) is 17.2. The van der Waals surface area contributed by atoms with Crippen LogP contribution in [0.25, 0.3) is 0 Å². The van der Waals surface area contributed by atoms with Gasteiger partial charge in [-0.25, -0.2) is 4.79 Å². The second-order valence-electron chi connectivity index (χ2n) is 25.6. The molecule has 0 aromatic carbocycles. The molecule has 0 amide bonds. The van der Waals surface area contributed by atoms with E-state index in [2.05, 4.69) is 57.2 Å². The van der Waals surface area contributed by atoms with Crippen molar-refractivity contribution in [2.24, 2.45) is 0 Å². The van der Waals surface area contributed by atoms with Crippen molar-refractivity contribution in [3.05, 3.63) is 36.5 Å². The normalized spacial score (nSPS) is 17.5. The lowest BCUT2D eigenvalue weighted by molar-refractivity contribution is -0.301. The standard InChI is InChI=1S/C75H136O12/c1-4-7-10-13-16-19-22-25-28-31-34-37-40-43-46-49-52-55-58-61-67(76)83-64-66(85-68(77)62-59-56-53-50-47-44-41-38-35-32-29-26-23-20-17-14-11-8-5-2)65-84-75-73(71(80)70(79)72(87-75)74(81)82)86-69(78)63-60-57-54-51-48-45-42-39-36-33-30-27-24-21-18-15-12-9-6-3/h16,19,25,27-28,30,66,70-73,75,79-80H,4-15,17-18,20-24,26,29,31-65H2,1-3H3,(H,81,82)/b19-16-,28-25-,30-27-. The summed E-state index contributed by atoms with van der Waals surface area (Å²) < 4.78 is 28.7. The van der Waals surface area contributed by atoms with Gasteiger partial charge in [-0.1, -0.05) is 308 Å². The quantitative estimate of drug-likeness (QED) is 0.0228. The molecule has 0 aromatic heterocycles. The Hall–Kier alpha value is -3.06. The number of hydrogen-bond donors (Lipinski definition) is 3. The lowest BCUT2D eigenvalue weighted by atomic mass is 9.98. The molecule has 1 heterocycles. The number of carboxylic acid groups (broad SMARTS) is 1. The molecule has 1 aliphatic heterocycles. The van der Waals surface area contributed by atoms with E-state index in [9.17, 15) is 34.5 Å². The van der Waals surface area contributed by atoms with Crippen LogP contribution in [-0.4, -0.2) is 89.2 Å². The number of esters is 3. The monoisotopic (exact) mass is 1230 g/mol. The highest BCUT2D eigenvalue weighted by molar-refractivity contribution is 5.74. The maximum absolute atomic E-state index is 13.3. The highest BCUT2D eigenvalue weighted by Gasteiger charge is 2.50. The summed E-state index contributed by atoms with van der Waals surface area (Å²) in [6, 6.07) is 0. The number of rotatable bonds is 65. The predicted octanol–water partition coefficient (Wildman–Crippen LogP) is 20.7. The summed E-state index contributed by atoms with van der Waals surface area (Å²) in [7, 11) is 0. The van der Waals surface area contributed by atoms with Gasteiger partial charge in [0.05, 0.1) is 6.61 Å². The van der Waals surface area contributed by atoms with Crippen molar-refractivity contribution < 1.29 is 58.2 Å². The molecular weight excluding hydrogens is 1090 g/mol. The molecule has 0 aliphatic carbocycles.